The average molecular weight is 485 g/mol. The summed E-state index contributed by atoms with van der Waals surface area (Å²) in [7, 11) is 1.26. The van der Waals surface area contributed by atoms with Crippen LogP contribution in [0.15, 0.2) is 36.5 Å². The first-order chi connectivity index (χ1) is 16.5. The Hall–Kier alpha value is -3.66. The summed E-state index contributed by atoms with van der Waals surface area (Å²) in [6.07, 6.45) is 0.0175. The number of carbonyl (C=O) groups excluding carboxylic acids is 3. The van der Waals surface area contributed by atoms with Gasteiger partial charge >= 0.3 is 12.2 Å². The van der Waals surface area contributed by atoms with Gasteiger partial charge in [0.2, 0.25) is 5.91 Å². The van der Waals surface area contributed by atoms with Crippen LogP contribution in [0.1, 0.15) is 52.3 Å². The van der Waals surface area contributed by atoms with E-state index >= 15 is 0 Å². The number of aliphatic hydroxyl groups is 1. The molecule has 10 heteroatoms. The van der Waals surface area contributed by atoms with Gasteiger partial charge in [0.1, 0.15) is 5.60 Å². The molecule has 10 nitrogen and oxygen atoms in total. The number of alkyl carbamates (subject to hydrolysis) is 1. The summed E-state index contributed by atoms with van der Waals surface area (Å²) >= 11 is 0. The van der Waals surface area contributed by atoms with E-state index in [0.717, 1.165) is 5.56 Å². The lowest BCUT2D eigenvalue weighted by Crippen LogP contribution is -2.36. The highest BCUT2D eigenvalue weighted by Gasteiger charge is 2.28. The first-order valence-electron chi connectivity index (χ1n) is 11.4. The van der Waals surface area contributed by atoms with Gasteiger partial charge in [0.05, 0.1) is 36.6 Å². The Morgan fingerprint density at radius 3 is 2.57 bits per heavy atom. The molecule has 1 aliphatic rings. The van der Waals surface area contributed by atoms with Gasteiger partial charge in [0, 0.05) is 17.4 Å². The van der Waals surface area contributed by atoms with Crippen LogP contribution in [0.2, 0.25) is 0 Å². The minimum absolute atomic E-state index is 0.248. The summed E-state index contributed by atoms with van der Waals surface area (Å²) in [4.78, 5) is 41.6. The van der Waals surface area contributed by atoms with Crippen LogP contribution in [0.4, 0.5) is 21.0 Å². The van der Waals surface area contributed by atoms with E-state index in [1.54, 1.807) is 58.2 Å². The molecule has 0 fully saturated rings. The van der Waals surface area contributed by atoms with Crippen molar-refractivity contribution in [2.45, 2.75) is 58.3 Å². The third-order valence-corrected chi connectivity index (χ3v) is 5.59. The fourth-order valence-corrected chi connectivity index (χ4v) is 3.71. The number of hydrogen-bond acceptors (Lipinski definition) is 7. The van der Waals surface area contributed by atoms with E-state index in [1.807, 2.05) is 6.07 Å². The second kappa shape index (κ2) is 10.7. The molecular weight excluding hydrogens is 452 g/mol. The Labute approximate surface area is 204 Å². The van der Waals surface area contributed by atoms with E-state index in [9.17, 15) is 19.5 Å². The van der Waals surface area contributed by atoms with Gasteiger partial charge < -0.3 is 25.2 Å². The lowest BCUT2D eigenvalue weighted by molar-refractivity contribution is -0.122. The Bertz CT molecular complexity index is 1100. The second-order valence-electron chi connectivity index (χ2n) is 9.47. The van der Waals surface area contributed by atoms with E-state index in [4.69, 9.17) is 4.74 Å². The van der Waals surface area contributed by atoms with Gasteiger partial charge in [0.25, 0.3) is 0 Å². The van der Waals surface area contributed by atoms with Gasteiger partial charge in [-0.3, -0.25) is 15.1 Å². The van der Waals surface area contributed by atoms with E-state index in [1.165, 1.54) is 7.11 Å². The number of ether oxygens (including phenoxy) is 2. The van der Waals surface area contributed by atoms with Crippen molar-refractivity contribution < 1.29 is 29.0 Å². The van der Waals surface area contributed by atoms with Gasteiger partial charge in [0.15, 0.2) is 0 Å². The molecule has 3 atom stereocenters. The first-order valence-corrected chi connectivity index (χ1v) is 11.4. The van der Waals surface area contributed by atoms with Crippen LogP contribution in [0.5, 0.6) is 0 Å². The fourth-order valence-electron chi connectivity index (χ4n) is 3.71. The maximum absolute atomic E-state index is 12.9. The lowest BCUT2D eigenvalue weighted by atomic mass is 9.93. The fraction of sp³-hybridized carbons (Fsp3) is 0.440. The van der Waals surface area contributed by atoms with Crippen molar-refractivity contribution >= 4 is 29.5 Å². The zero-order chi connectivity index (χ0) is 25.8. The molecule has 1 aliphatic heterocycles. The Morgan fingerprint density at radius 1 is 1.14 bits per heavy atom. The van der Waals surface area contributed by atoms with E-state index in [2.05, 4.69) is 25.7 Å². The Morgan fingerprint density at radius 2 is 1.89 bits per heavy atom. The topological polar surface area (TPSA) is 139 Å². The Kier molecular flexibility index (Phi) is 7.96. The highest BCUT2D eigenvalue weighted by Crippen LogP contribution is 2.34. The number of aliphatic hydroxyl groups excluding tert-OH is 1. The summed E-state index contributed by atoms with van der Waals surface area (Å²) in [5, 5.41) is 19.0. The maximum Gasteiger partial charge on any atom is 0.411 e. The van der Waals surface area contributed by atoms with Crippen molar-refractivity contribution in [1.29, 1.82) is 0 Å². The number of fused-ring (bicyclic) bond motifs is 4. The number of rotatable bonds is 2. The minimum atomic E-state index is -0.958. The van der Waals surface area contributed by atoms with Crippen molar-refractivity contribution in [3.8, 4) is 11.1 Å². The molecule has 1 aromatic carbocycles. The molecule has 35 heavy (non-hydrogen) atoms. The summed E-state index contributed by atoms with van der Waals surface area (Å²) in [6.45, 7) is 6.96. The lowest BCUT2D eigenvalue weighted by Gasteiger charge is -2.26. The summed E-state index contributed by atoms with van der Waals surface area (Å²) in [5.74, 6) is -1.10. The molecule has 0 saturated heterocycles. The van der Waals surface area contributed by atoms with Gasteiger partial charge in [-0.05, 0) is 63.4 Å². The molecule has 0 radical (unpaired) electrons. The minimum Gasteiger partial charge on any atom is -0.453 e. The van der Waals surface area contributed by atoms with E-state index in [0.29, 0.717) is 29.1 Å². The van der Waals surface area contributed by atoms with Crippen molar-refractivity contribution in [3.63, 3.8) is 0 Å². The number of pyridine rings is 1. The number of aromatic nitrogens is 1. The molecule has 3 unspecified atom stereocenters. The molecule has 0 aliphatic carbocycles. The van der Waals surface area contributed by atoms with Gasteiger partial charge in [-0.15, -0.1) is 0 Å². The summed E-state index contributed by atoms with van der Waals surface area (Å²) in [6, 6.07) is 8.11. The van der Waals surface area contributed by atoms with Crippen LogP contribution in [-0.4, -0.2) is 47.0 Å². The Balaban J connectivity index is 2.05. The van der Waals surface area contributed by atoms with Gasteiger partial charge in [-0.2, -0.15) is 0 Å². The summed E-state index contributed by atoms with van der Waals surface area (Å²) in [5.41, 5.74) is 2.21. The van der Waals surface area contributed by atoms with Crippen LogP contribution in [-0.2, 0) is 14.3 Å². The second-order valence-corrected chi connectivity index (χ2v) is 9.47. The average Bonchev–Trinajstić information content (AvgIpc) is 2.79. The van der Waals surface area contributed by atoms with E-state index in [-0.39, 0.29) is 12.3 Å². The van der Waals surface area contributed by atoms with Crippen LogP contribution in [0, 0.1) is 5.92 Å². The molecule has 4 N–H and O–H groups in total. The maximum atomic E-state index is 12.9. The third-order valence-electron chi connectivity index (χ3n) is 5.59. The molecular formula is C25H32N4O6. The van der Waals surface area contributed by atoms with Crippen molar-refractivity contribution in [2.75, 3.05) is 17.7 Å². The molecule has 3 rings (SSSR count). The molecule has 0 spiro atoms. The number of hydrogen-bond donors (Lipinski definition) is 4. The molecule has 3 amide bonds. The largest absolute Gasteiger partial charge is 0.453 e. The molecule has 188 valence electrons. The number of methoxy groups -OCH3 is 1. The van der Waals surface area contributed by atoms with Crippen molar-refractivity contribution in [3.05, 3.63) is 42.2 Å². The van der Waals surface area contributed by atoms with Gasteiger partial charge in [-0.25, -0.2) is 9.59 Å². The SMILES string of the molecule is COC(=O)Nc1ccc2c(c1)NC(=O)C(C)C(O)CCC(NC(=O)OC(C)(C)C)c1cc-2ccn1. The highest BCUT2D eigenvalue weighted by molar-refractivity contribution is 5.98. The number of benzene rings is 1. The number of nitrogens with one attached hydrogen (secondary N) is 3. The standard InChI is InChI=1S/C25H32N4O6/c1-14-21(30)9-8-18(29-24(33)35-25(2,3)4)20-12-15(10-11-26-20)17-7-6-16(27-23(32)34-5)13-19(17)28-22(14)31/h6-7,10-14,18,21,30H,8-9H2,1-5H3,(H,27,32)(H,28,31)(H,29,33). The highest BCUT2D eigenvalue weighted by atomic mass is 16.6. The number of nitrogens with zero attached hydrogens (tertiary/aromatic N) is 1. The van der Waals surface area contributed by atoms with E-state index < -0.39 is 35.9 Å². The molecule has 2 heterocycles. The van der Waals surface area contributed by atoms with Crippen LogP contribution < -0.4 is 16.0 Å². The van der Waals surface area contributed by atoms with Crippen molar-refractivity contribution in [2.24, 2.45) is 5.92 Å². The van der Waals surface area contributed by atoms with Gasteiger partial charge in [-0.1, -0.05) is 13.0 Å². The molecule has 1 aromatic heterocycles. The zero-order valence-corrected chi connectivity index (χ0v) is 20.5. The summed E-state index contributed by atoms with van der Waals surface area (Å²) < 4.78 is 10.1. The predicted octanol–water partition coefficient (Wildman–Crippen LogP) is 4.22. The number of amides is 3. The van der Waals surface area contributed by atoms with Crippen LogP contribution in [0.25, 0.3) is 11.1 Å². The zero-order valence-electron chi connectivity index (χ0n) is 20.5. The molecule has 2 aromatic rings. The normalized spacial score (nSPS) is 20.3. The molecule has 2 bridgehead atoms. The van der Waals surface area contributed by atoms with Crippen LogP contribution >= 0.6 is 0 Å². The van der Waals surface area contributed by atoms with Crippen LogP contribution in [0.3, 0.4) is 0 Å². The molecule has 0 saturated carbocycles. The smallest absolute Gasteiger partial charge is 0.411 e. The number of carbonyl (C=O) groups is 3. The van der Waals surface area contributed by atoms with Crippen molar-refractivity contribution in [1.82, 2.24) is 10.3 Å². The third kappa shape index (κ3) is 6.92. The first kappa shape index (κ1) is 26.0. The predicted molar refractivity (Wildman–Crippen MR) is 131 cm³/mol. The monoisotopic (exact) mass is 484 g/mol. The quantitative estimate of drug-likeness (QED) is 0.500. The number of anilines is 2.